The molecule has 0 atom stereocenters. The molecule has 1 spiro atoms. The normalized spacial score (nSPS) is 21.9. The SMILES string of the molecule is Cl.O=C(c1ccoc1)N1CCC2(CCNCC2)C1. The van der Waals surface area contributed by atoms with Crippen molar-refractivity contribution in [2.45, 2.75) is 19.3 Å². The third-order valence-corrected chi connectivity index (χ3v) is 4.16. The van der Waals surface area contributed by atoms with Crippen molar-refractivity contribution in [2.75, 3.05) is 26.2 Å². The monoisotopic (exact) mass is 270 g/mol. The van der Waals surface area contributed by atoms with Gasteiger partial charge in [0.15, 0.2) is 0 Å². The Hall–Kier alpha value is -1.00. The summed E-state index contributed by atoms with van der Waals surface area (Å²) in [6, 6.07) is 1.75. The number of nitrogens with zero attached hydrogens (tertiary/aromatic N) is 1. The van der Waals surface area contributed by atoms with Crippen LogP contribution in [0.4, 0.5) is 0 Å². The van der Waals surface area contributed by atoms with E-state index < -0.39 is 0 Å². The molecular weight excluding hydrogens is 252 g/mol. The molecule has 0 radical (unpaired) electrons. The van der Waals surface area contributed by atoms with Crippen molar-refractivity contribution in [1.29, 1.82) is 0 Å². The maximum absolute atomic E-state index is 12.2. The first-order chi connectivity index (χ1) is 8.29. The summed E-state index contributed by atoms with van der Waals surface area (Å²) in [5.74, 6) is 0.120. The van der Waals surface area contributed by atoms with E-state index in [1.54, 1.807) is 12.3 Å². The molecule has 2 aliphatic heterocycles. The van der Waals surface area contributed by atoms with Gasteiger partial charge in [-0.1, -0.05) is 0 Å². The van der Waals surface area contributed by atoms with Gasteiger partial charge in [0.25, 0.3) is 5.91 Å². The van der Waals surface area contributed by atoms with Crippen LogP contribution in [0.1, 0.15) is 29.6 Å². The van der Waals surface area contributed by atoms with E-state index in [2.05, 4.69) is 5.32 Å². The molecule has 2 saturated heterocycles. The third-order valence-electron chi connectivity index (χ3n) is 4.16. The fourth-order valence-electron chi connectivity index (χ4n) is 3.04. The minimum Gasteiger partial charge on any atom is -0.472 e. The molecule has 0 bridgehead atoms. The Bertz CT molecular complexity index is 399. The van der Waals surface area contributed by atoms with Crippen molar-refractivity contribution in [1.82, 2.24) is 10.2 Å². The van der Waals surface area contributed by atoms with E-state index in [0.717, 1.165) is 32.6 Å². The van der Waals surface area contributed by atoms with Crippen LogP contribution in [-0.2, 0) is 0 Å². The van der Waals surface area contributed by atoms with Gasteiger partial charge in [0, 0.05) is 13.1 Å². The van der Waals surface area contributed by atoms with Crippen molar-refractivity contribution < 1.29 is 9.21 Å². The Morgan fingerprint density at radius 3 is 2.78 bits per heavy atom. The van der Waals surface area contributed by atoms with E-state index in [1.165, 1.54) is 19.1 Å². The zero-order valence-corrected chi connectivity index (χ0v) is 11.2. The number of hydrogen-bond acceptors (Lipinski definition) is 3. The van der Waals surface area contributed by atoms with Crippen LogP contribution in [0, 0.1) is 5.41 Å². The topological polar surface area (TPSA) is 45.5 Å². The standard InChI is InChI=1S/C13H18N2O2.ClH/c16-12(11-1-8-17-9-11)15-7-4-13(10-15)2-5-14-6-3-13;/h1,8-9,14H,2-7,10H2;1H. The lowest BCUT2D eigenvalue weighted by Gasteiger charge is -2.33. The third kappa shape index (κ3) is 2.40. The Morgan fingerprint density at radius 1 is 1.33 bits per heavy atom. The molecule has 2 aliphatic rings. The van der Waals surface area contributed by atoms with Crippen LogP contribution in [-0.4, -0.2) is 37.0 Å². The molecule has 100 valence electrons. The summed E-state index contributed by atoms with van der Waals surface area (Å²) < 4.78 is 4.97. The first-order valence-electron chi connectivity index (χ1n) is 6.31. The molecule has 18 heavy (non-hydrogen) atoms. The maximum Gasteiger partial charge on any atom is 0.257 e. The van der Waals surface area contributed by atoms with Crippen molar-refractivity contribution >= 4 is 18.3 Å². The van der Waals surface area contributed by atoms with Gasteiger partial charge in [-0.15, -0.1) is 12.4 Å². The van der Waals surface area contributed by atoms with Gasteiger partial charge >= 0.3 is 0 Å². The van der Waals surface area contributed by atoms with E-state index in [4.69, 9.17) is 4.42 Å². The fourth-order valence-corrected chi connectivity index (χ4v) is 3.04. The summed E-state index contributed by atoms with van der Waals surface area (Å²) in [6.45, 7) is 3.99. The van der Waals surface area contributed by atoms with Crippen LogP contribution in [0.5, 0.6) is 0 Å². The zero-order chi connectivity index (χ0) is 11.7. The molecule has 1 aromatic rings. The molecule has 1 amide bonds. The largest absolute Gasteiger partial charge is 0.472 e. The number of piperidine rings is 1. The van der Waals surface area contributed by atoms with Gasteiger partial charge in [0.1, 0.15) is 6.26 Å². The lowest BCUT2D eigenvalue weighted by Crippen LogP contribution is -2.39. The molecular formula is C13H19ClN2O2. The van der Waals surface area contributed by atoms with Crippen LogP contribution < -0.4 is 5.32 Å². The van der Waals surface area contributed by atoms with Crippen LogP contribution in [0.3, 0.4) is 0 Å². The molecule has 0 unspecified atom stereocenters. The summed E-state index contributed by atoms with van der Waals surface area (Å²) in [7, 11) is 0. The average Bonchev–Trinajstić information content (AvgIpc) is 2.99. The summed E-state index contributed by atoms with van der Waals surface area (Å²) in [4.78, 5) is 14.2. The van der Waals surface area contributed by atoms with Gasteiger partial charge in [-0.25, -0.2) is 0 Å². The Kier molecular flexibility index (Phi) is 3.97. The number of likely N-dealkylation sites (tertiary alicyclic amines) is 1. The van der Waals surface area contributed by atoms with Gasteiger partial charge in [0.2, 0.25) is 0 Å². The van der Waals surface area contributed by atoms with Gasteiger partial charge in [-0.05, 0) is 43.8 Å². The number of rotatable bonds is 1. The molecule has 1 aromatic heterocycles. The highest BCUT2D eigenvalue weighted by Crippen LogP contribution is 2.38. The molecule has 0 aliphatic carbocycles. The summed E-state index contributed by atoms with van der Waals surface area (Å²) in [6.07, 6.45) is 6.64. The molecule has 5 heteroatoms. The lowest BCUT2D eigenvalue weighted by molar-refractivity contribution is 0.0761. The van der Waals surface area contributed by atoms with Crippen LogP contribution in [0.25, 0.3) is 0 Å². The first kappa shape index (κ1) is 13.4. The first-order valence-corrected chi connectivity index (χ1v) is 6.31. The lowest BCUT2D eigenvalue weighted by atomic mass is 9.78. The number of amides is 1. The molecule has 0 saturated carbocycles. The predicted octanol–water partition coefficient (Wildman–Crippen LogP) is 1.92. The number of halogens is 1. The van der Waals surface area contributed by atoms with Crippen LogP contribution >= 0.6 is 12.4 Å². The maximum atomic E-state index is 12.2. The highest BCUT2D eigenvalue weighted by atomic mass is 35.5. The highest BCUT2D eigenvalue weighted by Gasteiger charge is 2.40. The predicted molar refractivity (Wildman–Crippen MR) is 71.0 cm³/mol. The van der Waals surface area contributed by atoms with Crippen molar-refractivity contribution in [3.63, 3.8) is 0 Å². The molecule has 4 nitrogen and oxygen atoms in total. The number of hydrogen-bond donors (Lipinski definition) is 1. The summed E-state index contributed by atoms with van der Waals surface area (Å²) in [5.41, 5.74) is 1.06. The minimum absolute atomic E-state index is 0. The molecule has 0 aromatic carbocycles. The number of carbonyl (C=O) groups is 1. The average molecular weight is 271 g/mol. The molecule has 1 N–H and O–H groups in total. The van der Waals surface area contributed by atoms with E-state index in [9.17, 15) is 4.79 Å². The second kappa shape index (κ2) is 5.33. The smallest absolute Gasteiger partial charge is 0.257 e. The highest BCUT2D eigenvalue weighted by molar-refractivity contribution is 5.94. The Morgan fingerprint density at radius 2 is 2.11 bits per heavy atom. The zero-order valence-electron chi connectivity index (χ0n) is 10.4. The van der Waals surface area contributed by atoms with Crippen molar-refractivity contribution in [2.24, 2.45) is 5.41 Å². The minimum atomic E-state index is 0. The van der Waals surface area contributed by atoms with Crippen LogP contribution in [0.15, 0.2) is 23.0 Å². The number of furan rings is 1. The molecule has 2 fully saturated rings. The van der Waals surface area contributed by atoms with Gasteiger partial charge in [-0.2, -0.15) is 0 Å². The van der Waals surface area contributed by atoms with Gasteiger partial charge in [0.05, 0.1) is 11.8 Å². The van der Waals surface area contributed by atoms with Gasteiger partial charge in [-0.3, -0.25) is 4.79 Å². The van der Waals surface area contributed by atoms with Gasteiger partial charge < -0.3 is 14.6 Å². The van der Waals surface area contributed by atoms with E-state index >= 15 is 0 Å². The van der Waals surface area contributed by atoms with Crippen LogP contribution in [0.2, 0.25) is 0 Å². The van der Waals surface area contributed by atoms with Crippen molar-refractivity contribution in [3.05, 3.63) is 24.2 Å². The Labute approximate surface area is 113 Å². The number of nitrogens with one attached hydrogen (secondary N) is 1. The van der Waals surface area contributed by atoms with E-state index in [1.807, 2.05) is 4.90 Å². The second-order valence-corrected chi connectivity index (χ2v) is 5.24. The molecule has 3 heterocycles. The molecule has 3 rings (SSSR count). The summed E-state index contributed by atoms with van der Waals surface area (Å²) >= 11 is 0. The van der Waals surface area contributed by atoms with Crippen molar-refractivity contribution in [3.8, 4) is 0 Å². The quantitative estimate of drug-likeness (QED) is 0.848. The fraction of sp³-hybridized carbons (Fsp3) is 0.615. The van der Waals surface area contributed by atoms with E-state index in [-0.39, 0.29) is 18.3 Å². The van der Waals surface area contributed by atoms with E-state index in [0.29, 0.717) is 11.0 Å². The second-order valence-electron chi connectivity index (χ2n) is 5.24. The Balaban J connectivity index is 0.00000120. The summed E-state index contributed by atoms with van der Waals surface area (Å²) in [5, 5.41) is 3.39. The number of carbonyl (C=O) groups excluding carboxylic acids is 1.